The highest BCUT2D eigenvalue weighted by Crippen LogP contribution is 2.31. The van der Waals surface area contributed by atoms with E-state index in [0.717, 1.165) is 25.7 Å². The van der Waals surface area contributed by atoms with E-state index < -0.39 is 10.2 Å². The fraction of sp³-hybridized carbons (Fsp3) is 1.00. The molecule has 0 aromatic carbocycles. The second-order valence-corrected chi connectivity index (χ2v) is 8.57. The third kappa shape index (κ3) is 3.68. The van der Waals surface area contributed by atoms with Crippen molar-refractivity contribution < 1.29 is 8.42 Å². The van der Waals surface area contributed by atoms with Crippen molar-refractivity contribution in [3.05, 3.63) is 0 Å². The van der Waals surface area contributed by atoms with E-state index in [0.29, 0.717) is 36.3 Å². The molecule has 2 unspecified atom stereocenters. The lowest BCUT2D eigenvalue weighted by Crippen LogP contribution is -2.46. The molecular formula is C12H23BrN2O2S. The van der Waals surface area contributed by atoms with Crippen molar-refractivity contribution in [2.75, 3.05) is 19.6 Å². The molecule has 1 N–H and O–H groups in total. The second-order valence-electron chi connectivity index (χ2n) is 5.64. The van der Waals surface area contributed by atoms with Crippen LogP contribution >= 0.6 is 15.9 Å². The van der Waals surface area contributed by atoms with Crippen molar-refractivity contribution in [2.24, 2.45) is 11.8 Å². The first-order valence-electron chi connectivity index (χ1n) is 6.88. The zero-order valence-electron chi connectivity index (χ0n) is 10.9. The second kappa shape index (κ2) is 6.20. The predicted octanol–water partition coefficient (Wildman–Crippen LogP) is 2.12. The lowest BCUT2D eigenvalue weighted by Gasteiger charge is -2.30. The number of nitrogens with zero attached hydrogens (tertiary/aromatic N) is 1. The fourth-order valence-corrected chi connectivity index (χ4v) is 4.82. The van der Waals surface area contributed by atoms with Gasteiger partial charge in [0.25, 0.3) is 10.2 Å². The Bertz CT molecular complexity index is 366. The summed E-state index contributed by atoms with van der Waals surface area (Å²) in [6.45, 7) is 4.09. The van der Waals surface area contributed by atoms with Crippen molar-refractivity contribution in [3.8, 4) is 0 Å². The summed E-state index contributed by atoms with van der Waals surface area (Å²) in [6.07, 6.45) is 5.43. The molecule has 2 aliphatic rings. The first-order chi connectivity index (χ1) is 8.49. The first kappa shape index (κ1) is 14.8. The monoisotopic (exact) mass is 338 g/mol. The van der Waals surface area contributed by atoms with E-state index in [9.17, 15) is 8.42 Å². The zero-order valence-corrected chi connectivity index (χ0v) is 13.3. The normalized spacial score (nSPS) is 31.9. The van der Waals surface area contributed by atoms with Gasteiger partial charge in [0.05, 0.1) is 0 Å². The smallest absolute Gasteiger partial charge is 0.202 e. The molecule has 0 aromatic heterocycles. The molecule has 2 rings (SSSR count). The van der Waals surface area contributed by atoms with Crippen LogP contribution in [0.15, 0.2) is 0 Å². The summed E-state index contributed by atoms with van der Waals surface area (Å²) in [5.41, 5.74) is 0. The summed E-state index contributed by atoms with van der Waals surface area (Å²) in [6, 6.07) is 0. The molecule has 0 aromatic rings. The van der Waals surface area contributed by atoms with E-state index in [-0.39, 0.29) is 0 Å². The van der Waals surface area contributed by atoms with Crippen LogP contribution in [-0.2, 0) is 10.2 Å². The average Bonchev–Trinajstić information content (AvgIpc) is 2.73. The Morgan fingerprint density at radius 1 is 1.22 bits per heavy atom. The van der Waals surface area contributed by atoms with E-state index in [1.165, 1.54) is 6.42 Å². The Kier molecular flexibility index (Phi) is 5.08. The predicted molar refractivity (Wildman–Crippen MR) is 76.9 cm³/mol. The molecule has 1 aliphatic carbocycles. The van der Waals surface area contributed by atoms with Crippen LogP contribution in [0.25, 0.3) is 0 Å². The van der Waals surface area contributed by atoms with Gasteiger partial charge in [-0.15, -0.1) is 0 Å². The molecular weight excluding hydrogens is 316 g/mol. The highest BCUT2D eigenvalue weighted by molar-refractivity contribution is 9.09. The minimum Gasteiger partial charge on any atom is -0.202 e. The maximum atomic E-state index is 12.2. The van der Waals surface area contributed by atoms with Gasteiger partial charge in [0.2, 0.25) is 0 Å². The topological polar surface area (TPSA) is 49.4 Å². The summed E-state index contributed by atoms with van der Waals surface area (Å²) >= 11 is 3.63. The van der Waals surface area contributed by atoms with Crippen molar-refractivity contribution in [3.63, 3.8) is 0 Å². The molecule has 1 heterocycles. The zero-order chi connectivity index (χ0) is 13.2. The number of alkyl halides is 1. The van der Waals surface area contributed by atoms with Crippen LogP contribution in [0.4, 0.5) is 0 Å². The number of halogens is 1. The molecule has 1 saturated heterocycles. The maximum Gasteiger partial charge on any atom is 0.279 e. The molecule has 1 saturated carbocycles. The van der Waals surface area contributed by atoms with Crippen molar-refractivity contribution >= 4 is 26.1 Å². The summed E-state index contributed by atoms with van der Waals surface area (Å²) in [5.74, 6) is 1.10. The molecule has 4 nitrogen and oxygen atoms in total. The van der Waals surface area contributed by atoms with Crippen molar-refractivity contribution in [1.82, 2.24) is 9.03 Å². The molecule has 0 bridgehead atoms. The third-order valence-electron chi connectivity index (χ3n) is 4.18. The van der Waals surface area contributed by atoms with Gasteiger partial charge >= 0.3 is 0 Å². The molecule has 18 heavy (non-hydrogen) atoms. The highest BCUT2D eigenvalue weighted by atomic mass is 79.9. The Balaban J connectivity index is 1.83. The number of piperidine rings is 1. The standard InChI is InChI=1S/C12H23BrN2O2S/c1-10-5-7-15(8-6-10)18(16,17)14-9-11-3-2-4-12(11)13/h10-12,14H,2-9H2,1H3. The highest BCUT2D eigenvalue weighted by Gasteiger charge is 2.29. The van der Waals surface area contributed by atoms with Crippen LogP contribution < -0.4 is 4.72 Å². The van der Waals surface area contributed by atoms with Crippen LogP contribution in [-0.4, -0.2) is 37.2 Å². The minimum atomic E-state index is -3.26. The molecule has 106 valence electrons. The largest absolute Gasteiger partial charge is 0.279 e. The summed E-state index contributed by atoms with van der Waals surface area (Å²) in [7, 11) is -3.26. The molecule has 0 amide bonds. The van der Waals surface area contributed by atoms with Gasteiger partial charge in [0, 0.05) is 24.5 Å². The van der Waals surface area contributed by atoms with E-state index in [2.05, 4.69) is 27.6 Å². The van der Waals surface area contributed by atoms with Gasteiger partial charge in [0.15, 0.2) is 0 Å². The summed E-state index contributed by atoms with van der Waals surface area (Å²) in [5, 5.41) is 0. The van der Waals surface area contributed by atoms with Crippen LogP contribution in [0.3, 0.4) is 0 Å². The fourth-order valence-electron chi connectivity index (χ4n) is 2.75. The van der Waals surface area contributed by atoms with Crippen molar-refractivity contribution in [2.45, 2.75) is 43.9 Å². The van der Waals surface area contributed by atoms with E-state index in [1.807, 2.05) is 0 Å². The Morgan fingerprint density at radius 3 is 2.44 bits per heavy atom. The number of nitrogens with one attached hydrogen (secondary N) is 1. The summed E-state index contributed by atoms with van der Waals surface area (Å²) < 4.78 is 28.7. The van der Waals surface area contributed by atoms with E-state index >= 15 is 0 Å². The number of hydrogen-bond donors (Lipinski definition) is 1. The first-order valence-corrected chi connectivity index (χ1v) is 9.23. The molecule has 0 spiro atoms. The van der Waals surface area contributed by atoms with E-state index in [4.69, 9.17) is 0 Å². The van der Waals surface area contributed by atoms with Gasteiger partial charge in [-0.3, -0.25) is 0 Å². The molecule has 2 fully saturated rings. The van der Waals surface area contributed by atoms with Gasteiger partial charge in [-0.2, -0.15) is 12.7 Å². The van der Waals surface area contributed by atoms with Crippen LogP contribution in [0, 0.1) is 11.8 Å². The van der Waals surface area contributed by atoms with Gasteiger partial charge < -0.3 is 0 Å². The van der Waals surface area contributed by atoms with Crippen LogP contribution in [0.5, 0.6) is 0 Å². The Labute approximate surface area is 119 Å². The molecule has 1 aliphatic heterocycles. The van der Waals surface area contributed by atoms with Gasteiger partial charge in [-0.25, -0.2) is 4.72 Å². The minimum absolute atomic E-state index is 0.448. The van der Waals surface area contributed by atoms with Gasteiger partial charge in [0.1, 0.15) is 0 Å². The lowest BCUT2D eigenvalue weighted by molar-refractivity contribution is 0.284. The van der Waals surface area contributed by atoms with Crippen LogP contribution in [0.2, 0.25) is 0 Å². The Hall–Kier alpha value is 0.350. The number of rotatable bonds is 4. The number of hydrogen-bond acceptors (Lipinski definition) is 2. The average molecular weight is 339 g/mol. The van der Waals surface area contributed by atoms with Gasteiger partial charge in [-0.05, 0) is 37.5 Å². The molecule has 2 atom stereocenters. The van der Waals surface area contributed by atoms with E-state index in [1.54, 1.807) is 4.31 Å². The van der Waals surface area contributed by atoms with Gasteiger partial charge in [-0.1, -0.05) is 29.3 Å². The lowest BCUT2D eigenvalue weighted by atomic mass is 10.0. The Morgan fingerprint density at radius 2 is 1.89 bits per heavy atom. The maximum absolute atomic E-state index is 12.2. The SMILES string of the molecule is CC1CCN(S(=O)(=O)NCC2CCCC2Br)CC1. The molecule has 6 heteroatoms. The quantitative estimate of drug-likeness (QED) is 0.798. The molecule has 0 radical (unpaired) electrons. The summed E-state index contributed by atoms with van der Waals surface area (Å²) in [4.78, 5) is 0.474. The van der Waals surface area contributed by atoms with Crippen LogP contribution in [0.1, 0.15) is 39.0 Å². The van der Waals surface area contributed by atoms with Crippen molar-refractivity contribution in [1.29, 1.82) is 0 Å². The third-order valence-corrected chi connectivity index (χ3v) is 6.96.